The molecule has 1 aliphatic rings. The number of halogens is 2. The van der Waals surface area contributed by atoms with Gasteiger partial charge in [-0.15, -0.1) is 5.10 Å². The van der Waals surface area contributed by atoms with Gasteiger partial charge in [0.2, 0.25) is 0 Å². The van der Waals surface area contributed by atoms with Gasteiger partial charge in [0.25, 0.3) is 0 Å². The number of benzene rings is 1. The topological polar surface area (TPSA) is 43.6 Å². The maximum atomic E-state index is 4.26. The maximum absolute atomic E-state index is 4.26. The second-order valence-corrected chi connectivity index (χ2v) is 6.90. The first-order valence-corrected chi connectivity index (χ1v) is 8.36. The van der Waals surface area contributed by atoms with E-state index in [4.69, 9.17) is 0 Å². The highest BCUT2D eigenvalue weighted by Crippen LogP contribution is 2.32. The van der Waals surface area contributed by atoms with Crippen LogP contribution < -0.4 is 0 Å². The van der Waals surface area contributed by atoms with Gasteiger partial charge in [0.1, 0.15) is 0 Å². The van der Waals surface area contributed by atoms with E-state index in [2.05, 4.69) is 66.2 Å². The number of hydrogen-bond acceptors (Lipinski definition) is 3. The minimum Gasteiger partial charge on any atom is -0.197 e. The van der Waals surface area contributed by atoms with Gasteiger partial charge >= 0.3 is 0 Å². The summed E-state index contributed by atoms with van der Waals surface area (Å²) in [6, 6.07) is 6.20. The molecule has 2 aromatic rings. The fraction of sp³-hybridized carbons (Fsp3) is 0.462. The highest BCUT2D eigenvalue weighted by Gasteiger charge is 2.22. The molecule has 0 bridgehead atoms. The Balaban J connectivity index is 1.96. The average molecular weight is 433 g/mol. The minimum atomic E-state index is 0.505. The third kappa shape index (κ3) is 2.84. The molecule has 4 nitrogen and oxygen atoms in total. The third-order valence-electron chi connectivity index (χ3n) is 3.61. The molecule has 0 amide bonds. The van der Waals surface area contributed by atoms with Crippen LogP contribution in [0.1, 0.15) is 43.8 Å². The molecule has 0 radical (unpaired) electrons. The quantitative estimate of drug-likeness (QED) is 0.671. The van der Waals surface area contributed by atoms with Crippen molar-refractivity contribution >= 4 is 38.5 Å². The lowest BCUT2D eigenvalue weighted by Gasteiger charge is -2.20. The van der Waals surface area contributed by atoms with Crippen LogP contribution in [0.4, 0.5) is 0 Å². The van der Waals surface area contributed by atoms with Crippen LogP contribution in [0.5, 0.6) is 0 Å². The zero-order valence-corrected chi connectivity index (χ0v) is 14.1. The van der Waals surface area contributed by atoms with E-state index in [1.165, 1.54) is 35.7 Å². The first-order chi connectivity index (χ1) is 9.25. The van der Waals surface area contributed by atoms with Crippen LogP contribution in [-0.2, 0) is 0 Å². The lowest BCUT2D eigenvalue weighted by molar-refractivity contribution is 0.422. The fourth-order valence-corrected chi connectivity index (χ4v) is 3.36. The normalized spacial score (nSPS) is 16.7. The van der Waals surface area contributed by atoms with Gasteiger partial charge in [0.05, 0.1) is 5.69 Å². The Kier molecular flexibility index (Phi) is 4.16. The molecular weight excluding hydrogens is 419 g/mol. The zero-order valence-electron chi connectivity index (χ0n) is 10.4. The van der Waals surface area contributed by atoms with Gasteiger partial charge in [0, 0.05) is 14.0 Å². The van der Waals surface area contributed by atoms with Crippen molar-refractivity contribution in [3.8, 4) is 5.69 Å². The SMILES string of the molecule is Brc1ccc(-n2nnnc2C2CCCCC2)cc1I. The van der Waals surface area contributed by atoms with Gasteiger partial charge in [0.15, 0.2) is 5.82 Å². The van der Waals surface area contributed by atoms with Crippen molar-refractivity contribution in [1.82, 2.24) is 20.2 Å². The molecule has 0 atom stereocenters. The summed E-state index contributed by atoms with van der Waals surface area (Å²) in [6.07, 6.45) is 6.32. The van der Waals surface area contributed by atoms with E-state index in [-0.39, 0.29) is 0 Å². The van der Waals surface area contributed by atoms with Gasteiger partial charge < -0.3 is 0 Å². The van der Waals surface area contributed by atoms with Crippen LogP contribution in [-0.4, -0.2) is 20.2 Å². The first kappa shape index (κ1) is 13.5. The Bertz CT molecular complexity index is 578. The van der Waals surface area contributed by atoms with Crippen LogP contribution in [0, 0.1) is 3.57 Å². The van der Waals surface area contributed by atoms with E-state index >= 15 is 0 Å². The van der Waals surface area contributed by atoms with Crippen LogP contribution in [0.25, 0.3) is 5.69 Å². The monoisotopic (exact) mass is 432 g/mol. The molecule has 19 heavy (non-hydrogen) atoms. The molecule has 1 fully saturated rings. The second-order valence-electron chi connectivity index (χ2n) is 4.88. The Morgan fingerprint density at radius 2 is 2.00 bits per heavy atom. The van der Waals surface area contributed by atoms with E-state index in [9.17, 15) is 0 Å². The zero-order chi connectivity index (χ0) is 13.2. The summed E-state index contributed by atoms with van der Waals surface area (Å²) < 4.78 is 4.16. The standard InChI is InChI=1S/C13H14BrIN4/c14-11-7-6-10(8-12(11)15)19-13(16-17-18-19)9-4-2-1-3-5-9/h6-9H,1-5H2. The number of tetrazole rings is 1. The van der Waals surface area contributed by atoms with Gasteiger partial charge in [-0.3, -0.25) is 0 Å². The van der Waals surface area contributed by atoms with Crippen molar-refractivity contribution in [1.29, 1.82) is 0 Å². The lowest BCUT2D eigenvalue weighted by atomic mass is 9.89. The van der Waals surface area contributed by atoms with Gasteiger partial charge in [-0.05, 0) is 80.0 Å². The smallest absolute Gasteiger partial charge is 0.159 e. The Morgan fingerprint density at radius 1 is 1.21 bits per heavy atom. The summed E-state index contributed by atoms with van der Waals surface area (Å²) in [6.45, 7) is 0. The van der Waals surface area contributed by atoms with Crippen molar-refractivity contribution in [3.63, 3.8) is 0 Å². The molecule has 1 saturated carbocycles. The Labute approximate surface area is 134 Å². The van der Waals surface area contributed by atoms with Gasteiger partial charge in [-0.25, -0.2) is 0 Å². The summed E-state index contributed by atoms with van der Waals surface area (Å²) >= 11 is 5.83. The largest absolute Gasteiger partial charge is 0.197 e. The van der Waals surface area contributed by atoms with E-state index in [0.29, 0.717) is 5.92 Å². The molecule has 100 valence electrons. The van der Waals surface area contributed by atoms with Crippen molar-refractivity contribution in [2.45, 2.75) is 38.0 Å². The highest BCUT2D eigenvalue weighted by atomic mass is 127. The van der Waals surface area contributed by atoms with Crippen molar-refractivity contribution in [3.05, 3.63) is 32.1 Å². The summed E-state index contributed by atoms with van der Waals surface area (Å²) in [5.41, 5.74) is 1.04. The number of rotatable bonds is 2. The predicted molar refractivity (Wildman–Crippen MR) is 85.4 cm³/mol. The maximum Gasteiger partial charge on any atom is 0.159 e. The minimum absolute atomic E-state index is 0.505. The molecule has 3 rings (SSSR count). The fourth-order valence-electron chi connectivity index (χ4n) is 2.61. The summed E-state index contributed by atoms with van der Waals surface area (Å²) in [5, 5.41) is 12.3. The molecule has 1 aromatic carbocycles. The molecular formula is C13H14BrIN4. The van der Waals surface area contributed by atoms with Crippen molar-refractivity contribution < 1.29 is 0 Å². The molecule has 1 heterocycles. The third-order valence-corrected chi connectivity index (χ3v) is 5.94. The van der Waals surface area contributed by atoms with Gasteiger partial charge in [-0.1, -0.05) is 19.3 Å². The highest BCUT2D eigenvalue weighted by molar-refractivity contribution is 14.1. The Hall–Kier alpha value is -0.500. The lowest BCUT2D eigenvalue weighted by Crippen LogP contribution is -2.12. The van der Waals surface area contributed by atoms with Crippen molar-refractivity contribution in [2.75, 3.05) is 0 Å². The van der Waals surface area contributed by atoms with Crippen LogP contribution in [0.2, 0.25) is 0 Å². The molecule has 0 aliphatic heterocycles. The summed E-state index contributed by atoms with van der Waals surface area (Å²) in [4.78, 5) is 0. The van der Waals surface area contributed by atoms with Crippen molar-refractivity contribution in [2.24, 2.45) is 0 Å². The average Bonchev–Trinajstić information content (AvgIpc) is 2.92. The van der Waals surface area contributed by atoms with E-state index in [0.717, 1.165) is 16.0 Å². The van der Waals surface area contributed by atoms with Gasteiger partial charge in [-0.2, -0.15) is 4.68 Å². The summed E-state index contributed by atoms with van der Waals surface area (Å²) in [5.74, 6) is 1.52. The first-order valence-electron chi connectivity index (χ1n) is 6.49. The molecule has 0 spiro atoms. The number of nitrogens with zero attached hydrogens (tertiary/aromatic N) is 4. The molecule has 0 N–H and O–H groups in total. The molecule has 1 aliphatic carbocycles. The van der Waals surface area contributed by atoms with Crippen LogP contribution in [0.15, 0.2) is 22.7 Å². The van der Waals surface area contributed by atoms with Crippen LogP contribution in [0.3, 0.4) is 0 Å². The van der Waals surface area contributed by atoms with E-state index < -0.39 is 0 Å². The van der Waals surface area contributed by atoms with E-state index in [1.807, 2.05) is 10.7 Å². The number of aromatic nitrogens is 4. The van der Waals surface area contributed by atoms with E-state index in [1.54, 1.807) is 0 Å². The molecule has 0 saturated heterocycles. The second kappa shape index (κ2) is 5.87. The molecule has 6 heteroatoms. The molecule has 1 aromatic heterocycles. The Morgan fingerprint density at radius 3 is 2.74 bits per heavy atom. The predicted octanol–water partition coefficient (Wildman–Crippen LogP) is 4.08. The number of hydrogen-bond donors (Lipinski definition) is 0. The summed E-state index contributed by atoms with van der Waals surface area (Å²) in [7, 11) is 0. The van der Waals surface area contributed by atoms with Crippen LogP contribution >= 0.6 is 38.5 Å². The molecule has 0 unspecified atom stereocenters.